The van der Waals surface area contributed by atoms with Crippen LogP contribution >= 0.6 is 24.0 Å². The van der Waals surface area contributed by atoms with Crippen LogP contribution in [0.15, 0.2) is 82.1 Å². The maximum absolute atomic E-state index is 13.3. The summed E-state index contributed by atoms with van der Waals surface area (Å²) in [5.74, 6) is -0.182. The van der Waals surface area contributed by atoms with Crippen molar-refractivity contribution in [3.63, 3.8) is 0 Å². The van der Waals surface area contributed by atoms with Gasteiger partial charge in [0, 0.05) is 17.0 Å². The zero-order valence-corrected chi connectivity index (χ0v) is 19.1. The Hall–Kier alpha value is -3.68. The molecule has 1 N–H and O–H groups in total. The van der Waals surface area contributed by atoms with Gasteiger partial charge in [-0.2, -0.15) is 0 Å². The number of benzene rings is 3. The number of thioether (sulfide) groups is 1. The second-order valence-electron chi connectivity index (χ2n) is 7.55. The van der Waals surface area contributed by atoms with E-state index in [1.807, 2.05) is 49.4 Å². The number of hydrogen-bond acceptors (Lipinski definition) is 5. The molecular weight excluding hydrogens is 454 g/mol. The first-order chi connectivity index (χ1) is 15.9. The largest absolute Gasteiger partial charge is 0.478 e. The first-order valence-electron chi connectivity index (χ1n) is 10.1. The van der Waals surface area contributed by atoms with E-state index in [0.29, 0.717) is 26.3 Å². The van der Waals surface area contributed by atoms with Gasteiger partial charge in [-0.15, -0.1) is 0 Å². The van der Waals surface area contributed by atoms with Crippen molar-refractivity contribution in [1.82, 2.24) is 0 Å². The molecule has 1 fully saturated rings. The third-order valence-electron chi connectivity index (χ3n) is 5.45. The quantitative estimate of drug-likeness (QED) is 0.270. The smallest absolute Gasteiger partial charge is 0.335 e. The average Bonchev–Trinajstić information content (AvgIpc) is 3.37. The van der Waals surface area contributed by atoms with E-state index in [1.54, 1.807) is 41.3 Å². The normalized spacial score (nSPS) is 15.1. The van der Waals surface area contributed by atoms with Crippen LogP contribution in [0.25, 0.3) is 28.2 Å². The Morgan fingerprint density at radius 1 is 1.06 bits per heavy atom. The van der Waals surface area contributed by atoms with Crippen LogP contribution in [0.1, 0.15) is 21.7 Å². The fraction of sp³-hybridized carbons (Fsp3) is 0.0385. The van der Waals surface area contributed by atoms with Gasteiger partial charge in [0.15, 0.2) is 4.32 Å². The van der Waals surface area contributed by atoms with Crippen molar-refractivity contribution in [1.29, 1.82) is 0 Å². The Labute approximate surface area is 199 Å². The van der Waals surface area contributed by atoms with Gasteiger partial charge in [-0.3, -0.25) is 9.69 Å². The predicted octanol–water partition coefficient (Wildman–Crippen LogP) is 6.51. The Kier molecular flexibility index (Phi) is 5.36. The summed E-state index contributed by atoms with van der Waals surface area (Å²) in [4.78, 5) is 26.6. The summed E-state index contributed by atoms with van der Waals surface area (Å²) in [5, 5.41) is 11.3. The molecule has 2 heterocycles. The van der Waals surface area contributed by atoms with Crippen LogP contribution in [-0.2, 0) is 4.79 Å². The number of carbonyl (C=O) groups is 2. The van der Waals surface area contributed by atoms with E-state index in [4.69, 9.17) is 16.6 Å². The summed E-state index contributed by atoms with van der Waals surface area (Å²) >= 11 is 6.76. The SMILES string of the molecule is Cc1ccc(C(=O)O)cc1-c1ccc(/C=C2/SC(=S)N(c3cccc4ccccc34)C2=O)o1. The van der Waals surface area contributed by atoms with Gasteiger partial charge < -0.3 is 9.52 Å². The lowest BCUT2D eigenvalue weighted by molar-refractivity contribution is -0.113. The highest BCUT2D eigenvalue weighted by Crippen LogP contribution is 2.39. The number of thiocarbonyl (C=S) groups is 1. The molecule has 162 valence electrons. The van der Waals surface area contributed by atoms with E-state index in [2.05, 4.69) is 0 Å². The number of amides is 1. The van der Waals surface area contributed by atoms with Crippen molar-refractivity contribution in [3.8, 4) is 11.3 Å². The van der Waals surface area contributed by atoms with Gasteiger partial charge in [0.2, 0.25) is 0 Å². The molecule has 4 aromatic rings. The molecule has 0 radical (unpaired) electrons. The molecule has 3 aromatic carbocycles. The van der Waals surface area contributed by atoms with Crippen LogP contribution in [0, 0.1) is 6.92 Å². The van der Waals surface area contributed by atoms with Crippen molar-refractivity contribution in [2.45, 2.75) is 6.92 Å². The molecule has 0 atom stereocenters. The fourth-order valence-corrected chi connectivity index (χ4v) is 5.07. The first kappa shape index (κ1) is 21.2. The van der Waals surface area contributed by atoms with Gasteiger partial charge in [0.25, 0.3) is 5.91 Å². The summed E-state index contributed by atoms with van der Waals surface area (Å²) in [6, 6.07) is 22.1. The number of carboxylic acid groups (broad SMARTS) is 1. The van der Waals surface area contributed by atoms with Gasteiger partial charge in [0.1, 0.15) is 11.5 Å². The van der Waals surface area contributed by atoms with Crippen LogP contribution < -0.4 is 4.90 Å². The number of carbonyl (C=O) groups excluding carboxylic acids is 1. The lowest BCUT2D eigenvalue weighted by Gasteiger charge is -2.17. The van der Waals surface area contributed by atoms with Crippen LogP contribution in [0.2, 0.25) is 0 Å². The van der Waals surface area contributed by atoms with Crippen molar-refractivity contribution in [2.24, 2.45) is 0 Å². The molecule has 1 aromatic heterocycles. The second kappa shape index (κ2) is 8.35. The molecule has 1 saturated heterocycles. The molecule has 5 nitrogen and oxygen atoms in total. The standard InChI is InChI=1S/C26H17NO4S2/c1-15-9-10-17(25(29)30)13-20(15)22-12-11-18(31-22)14-23-24(28)27(26(32)33-23)21-8-4-6-16-5-2-3-7-19(16)21/h2-14H,1H3,(H,29,30)/b23-14+. The first-order valence-corrected chi connectivity index (χ1v) is 11.3. The molecule has 1 aliphatic rings. The molecule has 0 aliphatic carbocycles. The summed E-state index contributed by atoms with van der Waals surface area (Å²) in [6.45, 7) is 1.89. The highest BCUT2D eigenvalue weighted by atomic mass is 32.2. The number of aromatic carboxylic acids is 1. The van der Waals surface area contributed by atoms with E-state index in [9.17, 15) is 14.7 Å². The number of nitrogens with zero attached hydrogens (tertiary/aromatic N) is 1. The zero-order valence-electron chi connectivity index (χ0n) is 17.4. The summed E-state index contributed by atoms with van der Waals surface area (Å²) < 4.78 is 6.40. The third kappa shape index (κ3) is 3.86. The molecule has 0 bridgehead atoms. The summed E-state index contributed by atoms with van der Waals surface area (Å²) in [6.07, 6.45) is 1.67. The van der Waals surface area contributed by atoms with Gasteiger partial charge in [-0.25, -0.2) is 4.79 Å². The van der Waals surface area contributed by atoms with Crippen molar-refractivity contribution in [3.05, 3.63) is 94.6 Å². The molecule has 33 heavy (non-hydrogen) atoms. The molecular formula is C26H17NO4S2. The minimum atomic E-state index is -1.000. The summed E-state index contributed by atoms with van der Waals surface area (Å²) in [5.41, 5.74) is 2.52. The number of rotatable bonds is 4. The lowest BCUT2D eigenvalue weighted by atomic mass is 10.0. The van der Waals surface area contributed by atoms with E-state index in [-0.39, 0.29) is 11.5 Å². The third-order valence-corrected chi connectivity index (χ3v) is 6.75. The molecule has 0 unspecified atom stereocenters. The molecule has 1 aliphatic heterocycles. The highest BCUT2D eigenvalue weighted by molar-refractivity contribution is 8.27. The number of fused-ring (bicyclic) bond motifs is 1. The van der Waals surface area contributed by atoms with Gasteiger partial charge in [0.05, 0.1) is 16.2 Å². The van der Waals surface area contributed by atoms with Crippen LogP contribution in [0.3, 0.4) is 0 Å². The fourth-order valence-electron chi connectivity index (χ4n) is 3.80. The Morgan fingerprint density at radius 3 is 2.67 bits per heavy atom. The van der Waals surface area contributed by atoms with Crippen molar-refractivity contribution >= 4 is 62.7 Å². The van der Waals surface area contributed by atoms with Gasteiger partial charge in [-0.05, 0) is 48.2 Å². The number of hydrogen-bond donors (Lipinski definition) is 1. The number of aryl methyl sites for hydroxylation is 1. The Balaban J connectivity index is 1.48. The van der Waals surface area contributed by atoms with Crippen LogP contribution in [0.5, 0.6) is 0 Å². The number of furan rings is 1. The Morgan fingerprint density at radius 2 is 1.85 bits per heavy atom. The van der Waals surface area contributed by atoms with Crippen LogP contribution in [0.4, 0.5) is 5.69 Å². The van der Waals surface area contributed by atoms with Gasteiger partial charge >= 0.3 is 5.97 Å². The maximum Gasteiger partial charge on any atom is 0.335 e. The maximum atomic E-state index is 13.3. The average molecular weight is 472 g/mol. The lowest BCUT2D eigenvalue weighted by Crippen LogP contribution is -2.27. The van der Waals surface area contributed by atoms with Crippen molar-refractivity contribution in [2.75, 3.05) is 4.90 Å². The minimum Gasteiger partial charge on any atom is -0.478 e. The molecule has 1 amide bonds. The zero-order chi connectivity index (χ0) is 23.1. The molecule has 0 spiro atoms. The van der Waals surface area contributed by atoms with E-state index in [0.717, 1.165) is 22.0 Å². The number of anilines is 1. The minimum absolute atomic E-state index is 0.185. The van der Waals surface area contributed by atoms with Crippen molar-refractivity contribution < 1.29 is 19.1 Å². The second-order valence-corrected chi connectivity index (χ2v) is 9.23. The van der Waals surface area contributed by atoms with Crippen LogP contribution in [-0.4, -0.2) is 21.3 Å². The monoisotopic (exact) mass is 471 g/mol. The summed E-state index contributed by atoms with van der Waals surface area (Å²) in [7, 11) is 0. The highest BCUT2D eigenvalue weighted by Gasteiger charge is 2.34. The van der Waals surface area contributed by atoms with E-state index >= 15 is 0 Å². The molecule has 5 rings (SSSR count). The van der Waals surface area contributed by atoms with Gasteiger partial charge in [-0.1, -0.05) is 66.4 Å². The predicted molar refractivity (Wildman–Crippen MR) is 135 cm³/mol. The molecule has 0 saturated carbocycles. The Bertz CT molecular complexity index is 1480. The van der Waals surface area contributed by atoms with E-state index < -0.39 is 5.97 Å². The molecule has 7 heteroatoms. The number of carboxylic acids is 1. The van der Waals surface area contributed by atoms with E-state index in [1.165, 1.54) is 11.8 Å². The topological polar surface area (TPSA) is 70.8 Å².